The van der Waals surface area contributed by atoms with Gasteiger partial charge in [-0.2, -0.15) is 0 Å². The second-order valence-corrected chi connectivity index (χ2v) is 7.40. The lowest BCUT2D eigenvalue weighted by Crippen LogP contribution is -2.42. The van der Waals surface area contributed by atoms with E-state index in [1.165, 1.54) is 25.2 Å². The van der Waals surface area contributed by atoms with Crippen molar-refractivity contribution in [2.24, 2.45) is 0 Å². The lowest BCUT2D eigenvalue weighted by Gasteiger charge is -2.41. The van der Waals surface area contributed by atoms with Crippen molar-refractivity contribution >= 4 is 11.7 Å². The van der Waals surface area contributed by atoms with Crippen LogP contribution in [0.15, 0.2) is 48.7 Å². The molecule has 1 aliphatic rings. The average Bonchev–Trinajstić information content (AvgIpc) is 2.74. The maximum absolute atomic E-state index is 14.2. The molecule has 0 unspecified atom stereocenters. The van der Waals surface area contributed by atoms with Gasteiger partial charge in [-0.25, -0.2) is 8.78 Å². The van der Waals surface area contributed by atoms with E-state index < -0.39 is 11.7 Å². The molecule has 1 saturated carbocycles. The van der Waals surface area contributed by atoms with Gasteiger partial charge in [0.05, 0.1) is 17.0 Å². The minimum absolute atomic E-state index is 0.0525. The van der Waals surface area contributed by atoms with E-state index in [-0.39, 0.29) is 16.8 Å². The lowest BCUT2D eigenvalue weighted by atomic mass is 9.66. The molecule has 2 N–H and O–H groups in total. The van der Waals surface area contributed by atoms with E-state index >= 15 is 0 Å². The molecule has 0 aliphatic heterocycles. The molecular weight excluding hydrogens is 388 g/mol. The number of benzene rings is 1. The molecule has 154 valence electrons. The quantitative estimate of drug-likeness (QED) is 0.649. The Hall–Kier alpha value is -3.42. The van der Waals surface area contributed by atoms with Gasteiger partial charge in [0.15, 0.2) is 0 Å². The normalized spacial score (nSPS) is 14.6. The Morgan fingerprint density at radius 3 is 2.57 bits per heavy atom. The van der Waals surface area contributed by atoms with Gasteiger partial charge in [-0.3, -0.25) is 9.78 Å². The number of anilines is 1. The molecule has 2 aromatic heterocycles. The third-order valence-electron chi connectivity index (χ3n) is 5.58. The standard InChI is InChI=1S/C22H21F2N5O/c1-25-21(30)15-12-14(5-6-16(15)23)18-7-8-19(29-28-18)27-13-22(9-3-10-22)20-17(24)4-2-11-26-20/h2,4-8,11-12H,3,9-10,13H2,1H3,(H,25,30)(H,27,29). The van der Waals surface area contributed by atoms with Crippen LogP contribution in [0.2, 0.25) is 0 Å². The van der Waals surface area contributed by atoms with Crippen molar-refractivity contribution in [3.63, 3.8) is 0 Å². The largest absolute Gasteiger partial charge is 0.368 e. The summed E-state index contributed by atoms with van der Waals surface area (Å²) in [5, 5.41) is 14.0. The Bertz CT molecular complexity index is 1070. The molecule has 0 spiro atoms. The highest BCUT2D eigenvalue weighted by Gasteiger charge is 2.41. The zero-order chi connectivity index (χ0) is 21.1. The molecule has 0 bridgehead atoms. The Labute approximate surface area is 172 Å². The number of carbonyl (C=O) groups excluding carboxylic acids is 1. The Balaban J connectivity index is 1.50. The molecule has 0 radical (unpaired) electrons. The van der Waals surface area contributed by atoms with E-state index in [0.717, 1.165) is 19.3 Å². The fourth-order valence-corrected chi connectivity index (χ4v) is 3.71. The van der Waals surface area contributed by atoms with Crippen LogP contribution in [0, 0.1) is 11.6 Å². The minimum Gasteiger partial charge on any atom is -0.368 e. The fraction of sp³-hybridized carbons (Fsp3) is 0.273. The molecule has 1 amide bonds. The van der Waals surface area contributed by atoms with Gasteiger partial charge < -0.3 is 10.6 Å². The van der Waals surface area contributed by atoms with Gasteiger partial charge in [0.1, 0.15) is 17.5 Å². The van der Waals surface area contributed by atoms with Gasteiger partial charge in [0, 0.05) is 30.8 Å². The molecule has 3 aromatic rings. The molecule has 1 aromatic carbocycles. The number of rotatable bonds is 6. The number of amides is 1. The summed E-state index contributed by atoms with van der Waals surface area (Å²) in [6.07, 6.45) is 4.36. The molecular formula is C22H21F2N5O. The third-order valence-corrected chi connectivity index (χ3v) is 5.58. The van der Waals surface area contributed by atoms with Crippen LogP contribution < -0.4 is 10.6 Å². The summed E-state index contributed by atoms with van der Waals surface area (Å²) in [7, 11) is 1.44. The monoisotopic (exact) mass is 409 g/mol. The predicted molar refractivity (Wildman–Crippen MR) is 109 cm³/mol. The first-order valence-corrected chi connectivity index (χ1v) is 9.73. The third kappa shape index (κ3) is 3.72. The van der Waals surface area contributed by atoms with Crippen molar-refractivity contribution < 1.29 is 13.6 Å². The molecule has 30 heavy (non-hydrogen) atoms. The van der Waals surface area contributed by atoms with E-state index in [4.69, 9.17) is 0 Å². The number of halogens is 2. The van der Waals surface area contributed by atoms with Gasteiger partial charge in [0.25, 0.3) is 5.91 Å². The molecule has 0 saturated heterocycles. The number of pyridine rings is 1. The number of hydrogen-bond donors (Lipinski definition) is 2. The number of aromatic nitrogens is 3. The summed E-state index contributed by atoms with van der Waals surface area (Å²) in [6, 6.07) is 10.7. The average molecular weight is 409 g/mol. The number of nitrogens with zero attached hydrogens (tertiary/aromatic N) is 3. The van der Waals surface area contributed by atoms with E-state index in [9.17, 15) is 13.6 Å². The van der Waals surface area contributed by atoms with Crippen LogP contribution in [0.4, 0.5) is 14.6 Å². The summed E-state index contributed by atoms with van der Waals surface area (Å²) in [5.74, 6) is -0.844. The van der Waals surface area contributed by atoms with Gasteiger partial charge >= 0.3 is 0 Å². The fourth-order valence-electron chi connectivity index (χ4n) is 3.71. The Morgan fingerprint density at radius 1 is 1.10 bits per heavy atom. The molecule has 4 rings (SSSR count). The van der Waals surface area contributed by atoms with Crippen molar-refractivity contribution in [3.05, 3.63) is 71.6 Å². The first-order chi connectivity index (χ1) is 14.5. The van der Waals surface area contributed by atoms with E-state index in [0.29, 0.717) is 29.3 Å². The van der Waals surface area contributed by atoms with Crippen LogP contribution >= 0.6 is 0 Å². The van der Waals surface area contributed by atoms with Crippen LogP contribution in [0.3, 0.4) is 0 Å². The van der Waals surface area contributed by atoms with Gasteiger partial charge in [-0.1, -0.05) is 6.42 Å². The first-order valence-electron chi connectivity index (χ1n) is 9.73. The van der Waals surface area contributed by atoms with Crippen LogP contribution in [-0.2, 0) is 5.41 Å². The number of hydrogen-bond acceptors (Lipinski definition) is 5. The second-order valence-electron chi connectivity index (χ2n) is 7.40. The van der Waals surface area contributed by atoms with Gasteiger partial charge in [0.2, 0.25) is 0 Å². The van der Waals surface area contributed by atoms with E-state index in [1.54, 1.807) is 30.5 Å². The number of carbonyl (C=O) groups is 1. The maximum atomic E-state index is 14.2. The van der Waals surface area contributed by atoms with Crippen molar-refractivity contribution in [2.45, 2.75) is 24.7 Å². The summed E-state index contributed by atoms with van der Waals surface area (Å²) in [4.78, 5) is 16.1. The number of nitrogens with one attached hydrogen (secondary N) is 2. The topological polar surface area (TPSA) is 79.8 Å². The van der Waals surface area contributed by atoms with Crippen LogP contribution in [0.5, 0.6) is 0 Å². The lowest BCUT2D eigenvalue weighted by molar-refractivity contribution is 0.0959. The zero-order valence-corrected chi connectivity index (χ0v) is 16.5. The van der Waals surface area contributed by atoms with Crippen molar-refractivity contribution in [3.8, 4) is 11.3 Å². The Kier molecular flexibility index (Phi) is 5.39. The molecule has 2 heterocycles. The second kappa shape index (κ2) is 8.14. The summed E-state index contributed by atoms with van der Waals surface area (Å²) in [6.45, 7) is 0.506. The smallest absolute Gasteiger partial charge is 0.254 e. The van der Waals surface area contributed by atoms with Crippen LogP contribution in [0.1, 0.15) is 35.3 Å². The summed E-state index contributed by atoms with van der Waals surface area (Å²) < 4.78 is 28.1. The van der Waals surface area contributed by atoms with Crippen molar-refractivity contribution in [1.82, 2.24) is 20.5 Å². The highest BCUT2D eigenvalue weighted by atomic mass is 19.1. The molecule has 8 heteroatoms. The van der Waals surface area contributed by atoms with Crippen molar-refractivity contribution in [2.75, 3.05) is 18.9 Å². The van der Waals surface area contributed by atoms with Crippen molar-refractivity contribution in [1.29, 1.82) is 0 Å². The molecule has 1 aliphatic carbocycles. The molecule has 1 fully saturated rings. The highest BCUT2D eigenvalue weighted by Crippen LogP contribution is 2.43. The maximum Gasteiger partial charge on any atom is 0.254 e. The highest BCUT2D eigenvalue weighted by molar-refractivity contribution is 5.95. The van der Waals surface area contributed by atoms with Crippen LogP contribution in [-0.4, -0.2) is 34.7 Å². The van der Waals surface area contributed by atoms with Gasteiger partial charge in [-0.15, -0.1) is 10.2 Å². The van der Waals surface area contributed by atoms with Crippen LogP contribution in [0.25, 0.3) is 11.3 Å². The van der Waals surface area contributed by atoms with E-state index in [2.05, 4.69) is 25.8 Å². The predicted octanol–water partition coefficient (Wildman–Crippen LogP) is 3.71. The summed E-state index contributed by atoms with van der Waals surface area (Å²) in [5.41, 5.74) is 1.19. The van der Waals surface area contributed by atoms with Gasteiger partial charge in [-0.05, 0) is 55.3 Å². The molecule has 6 nitrogen and oxygen atoms in total. The van der Waals surface area contributed by atoms with E-state index in [1.807, 2.05) is 0 Å². The SMILES string of the molecule is CNC(=O)c1cc(-c2ccc(NCC3(c4ncccc4F)CCC3)nn2)ccc1F. The summed E-state index contributed by atoms with van der Waals surface area (Å²) >= 11 is 0. The zero-order valence-electron chi connectivity index (χ0n) is 16.5. The molecule has 0 atom stereocenters. The minimum atomic E-state index is -0.600. The Morgan fingerprint density at radius 2 is 1.93 bits per heavy atom. The first kappa shape index (κ1) is 19.9.